The molecule has 0 saturated carbocycles. The molecule has 0 amide bonds. The van der Waals surface area contributed by atoms with E-state index >= 15 is 0 Å². The van der Waals surface area contributed by atoms with Crippen LogP contribution in [-0.4, -0.2) is 23.4 Å². The summed E-state index contributed by atoms with van der Waals surface area (Å²) in [5.41, 5.74) is -0.811. The van der Waals surface area contributed by atoms with Crippen LogP contribution in [0, 0.1) is 5.82 Å². The van der Waals surface area contributed by atoms with Crippen molar-refractivity contribution < 1.29 is 18.8 Å². The zero-order chi connectivity index (χ0) is 12.8. The summed E-state index contributed by atoms with van der Waals surface area (Å²) < 4.78 is 25.2. The maximum absolute atomic E-state index is 13.7. The lowest BCUT2D eigenvalue weighted by Gasteiger charge is -2.32. The van der Waals surface area contributed by atoms with E-state index < -0.39 is 29.9 Å². The van der Waals surface area contributed by atoms with Crippen LogP contribution < -0.4 is 5.46 Å². The Bertz CT molecular complexity index is 429. The molecule has 92 valence electrons. The molecule has 0 spiro atoms. The number of hydrogen-bond acceptors (Lipinski definition) is 3. The lowest BCUT2D eigenvalue weighted by molar-refractivity contribution is 0.00578. The maximum atomic E-state index is 13.7. The van der Waals surface area contributed by atoms with Crippen LogP contribution in [-0.2, 0) is 9.31 Å². The highest BCUT2D eigenvalue weighted by molar-refractivity contribution is 6.62. The first-order valence-electron chi connectivity index (χ1n) is 5.57. The summed E-state index contributed by atoms with van der Waals surface area (Å²) >= 11 is 0. The highest BCUT2D eigenvalue weighted by Crippen LogP contribution is 2.36. The van der Waals surface area contributed by atoms with Crippen molar-refractivity contribution in [3.63, 3.8) is 0 Å². The summed E-state index contributed by atoms with van der Waals surface area (Å²) in [5, 5.41) is 9.33. The fraction of sp³-hybridized carbons (Fsp3) is 0.500. The Morgan fingerprint density at radius 3 is 2.18 bits per heavy atom. The van der Waals surface area contributed by atoms with Crippen LogP contribution in [0.25, 0.3) is 0 Å². The number of halogens is 1. The van der Waals surface area contributed by atoms with Crippen LogP contribution in [0.4, 0.5) is 4.39 Å². The van der Waals surface area contributed by atoms with Crippen LogP contribution in [0.5, 0.6) is 5.75 Å². The van der Waals surface area contributed by atoms with E-state index in [0.29, 0.717) is 0 Å². The Kier molecular flexibility index (Phi) is 2.71. The van der Waals surface area contributed by atoms with Gasteiger partial charge in [0.15, 0.2) is 11.6 Å². The van der Waals surface area contributed by atoms with Gasteiger partial charge in [0.1, 0.15) is 0 Å². The van der Waals surface area contributed by atoms with Crippen LogP contribution in [0.3, 0.4) is 0 Å². The lowest BCUT2D eigenvalue weighted by atomic mass is 9.78. The average Bonchev–Trinajstić information content (AvgIpc) is 2.40. The fourth-order valence-electron chi connectivity index (χ4n) is 1.69. The molecule has 0 aromatic heterocycles. The molecule has 1 saturated heterocycles. The number of phenols is 1. The minimum Gasteiger partial charge on any atom is -0.505 e. The molecule has 0 atom stereocenters. The van der Waals surface area contributed by atoms with E-state index in [0.717, 1.165) is 0 Å². The second kappa shape index (κ2) is 3.72. The summed E-state index contributed by atoms with van der Waals surface area (Å²) in [6.45, 7) is 7.59. The predicted octanol–water partition coefficient (Wildman–Crippen LogP) is 1.83. The molecule has 1 aliphatic rings. The Morgan fingerprint density at radius 2 is 1.65 bits per heavy atom. The van der Waals surface area contributed by atoms with Crippen molar-refractivity contribution >= 4 is 12.6 Å². The zero-order valence-corrected chi connectivity index (χ0v) is 10.5. The van der Waals surface area contributed by atoms with Gasteiger partial charge in [0.25, 0.3) is 0 Å². The minimum absolute atomic E-state index is 0.226. The molecule has 1 N–H and O–H groups in total. The molecular formula is C12H16BFO3. The van der Waals surface area contributed by atoms with Gasteiger partial charge in [0.2, 0.25) is 0 Å². The van der Waals surface area contributed by atoms with Crippen molar-refractivity contribution in [3.8, 4) is 5.75 Å². The minimum atomic E-state index is -0.785. The Morgan fingerprint density at radius 1 is 1.12 bits per heavy atom. The average molecular weight is 238 g/mol. The molecule has 17 heavy (non-hydrogen) atoms. The Balaban J connectivity index is 2.36. The molecule has 5 heteroatoms. The summed E-state index contributed by atoms with van der Waals surface area (Å²) in [6, 6.07) is 4.42. The number of phenolic OH excluding ortho intramolecular Hbond substituents is 1. The molecule has 1 aromatic rings. The van der Waals surface area contributed by atoms with Crippen molar-refractivity contribution in [2.45, 2.75) is 38.9 Å². The third-order valence-electron chi connectivity index (χ3n) is 3.52. The van der Waals surface area contributed by atoms with Crippen LogP contribution in [0.15, 0.2) is 18.2 Å². The highest BCUT2D eigenvalue weighted by atomic mass is 19.1. The molecule has 1 aliphatic heterocycles. The second-order valence-corrected chi connectivity index (χ2v) is 5.27. The number of benzene rings is 1. The normalized spacial score (nSPS) is 21.8. The van der Waals surface area contributed by atoms with Gasteiger partial charge in [-0.2, -0.15) is 0 Å². The zero-order valence-electron chi connectivity index (χ0n) is 10.5. The first kappa shape index (κ1) is 12.4. The van der Waals surface area contributed by atoms with Gasteiger partial charge in [0.05, 0.1) is 11.2 Å². The van der Waals surface area contributed by atoms with Crippen LogP contribution in [0.2, 0.25) is 0 Å². The van der Waals surface area contributed by atoms with Gasteiger partial charge in [0, 0.05) is 5.46 Å². The van der Waals surface area contributed by atoms with Gasteiger partial charge in [-0.15, -0.1) is 0 Å². The largest absolute Gasteiger partial charge is 0.505 e. The molecule has 2 rings (SSSR count). The van der Waals surface area contributed by atoms with E-state index in [2.05, 4.69) is 0 Å². The highest BCUT2D eigenvalue weighted by Gasteiger charge is 2.52. The second-order valence-electron chi connectivity index (χ2n) is 5.27. The first-order chi connectivity index (χ1) is 7.74. The molecule has 0 unspecified atom stereocenters. The van der Waals surface area contributed by atoms with Crippen LogP contribution in [0.1, 0.15) is 27.7 Å². The number of rotatable bonds is 1. The number of aromatic hydroxyl groups is 1. The standard InChI is InChI=1S/C12H16BFO3/c1-11(2)12(3,4)17-13(16-11)8-6-5-7-9(15)10(8)14/h5-7,15H,1-4H3. The van der Waals surface area contributed by atoms with E-state index in [4.69, 9.17) is 9.31 Å². The van der Waals surface area contributed by atoms with E-state index in [1.807, 2.05) is 27.7 Å². The Labute approximate surface area is 101 Å². The summed E-state index contributed by atoms with van der Waals surface area (Å²) in [5.74, 6) is -1.08. The van der Waals surface area contributed by atoms with Gasteiger partial charge >= 0.3 is 7.12 Å². The topological polar surface area (TPSA) is 38.7 Å². The third kappa shape index (κ3) is 1.94. The molecule has 1 aromatic carbocycles. The first-order valence-corrected chi connectivity index (χ1v) is 5.57. The smallest absolute Gasteiger partial charge is 0.497 e. The predicted molar refractivity (Wildman–Crippen MR) is 63.8 cm³/mol. The maximum Gasteiger partial charge on any atom is 0.497 e. The Hall–Kier alpha value is -1.07. The third-order valence-corrected chi connectivity index (χ3v) is 3.52. The van der Waals surface area contributed by atoms with E-state index in [1.165, 1.54) is 6.07 Å². The molecule has 0 aliphatic carbocycles. The lowest BCUT2D eigenvalue weighted by Crippen LogP contribution is -2.41. The summed E-state index contributed by atoms with van der Waals surface area (Å²) in [4.78, 5) is 0. The van der Waals surface area contributed by atoms with Crippen molar-refractivity contribution in [1.82, 2.24) is 0 Å². The molecule has 0 radical (unpaired) electrons. The fourth-order valence-corrected chi connectivity index (χ4v) is 1.69. The van der Waals surface area contributed by atoms with Gasteiger partial charge in [-0.3, -0.25) is 0 Å². The van der Waals surface area contributed by atoms with E-state index in [9.17, 15) is 9.50 Å². The van der Waals surface area contributed by atoms with E-state index in [1.54, 1.807) is 12.1 Å². The van der Waals surface area contributed by atoms with Crippen LogP contribution >= 0.6 is 0 Å². The molecule has 1 fully saturated rings. The van der Waals surface area contributed by atoms with Crippen molar-refractivity contribution in [2.24, 2.45) is 0 Å². The number of hydrogen-bond donors (Lipinski definition) is 1. The molecular weight excluding hydrogens is 222 g/mol. The monoisotopic (exact) mass is 238 g/mol. The van der Waals surface area contributed by atoms with Gasteiger partial charge in [-0.05, 0) is 33.8 Å². The summed E-state index contributed by atoms with van der Waals surface area (Å²) in [7, 11) is -0.785. The van der Waals surface area contributed by atoms with Gasteiger partial charge < -0.3 is 14.4 Å². The molecule has 1 heterocycles. The van der Waals surface area contributed by atoms with Crippen molar-refractivity contribution in [2.75, 3.05) is 0 Å². The molecule has 3 nitrogen and oxygen atoms in total. The summed E-state index contributed by atoms with van der Waals surface area (Å²) in [6.07, 6.45) is 0. The van der Waals surface area contributed by atoms with Crippen molar-refractivity contribution in [1.29, 1.82) is 0 Å². The van der Waals surface area contributed by atoms with E-state index in [-0.39, 0.29) is 5.46 Å². The quantitative estimate of drug-likeness (QED) is 0.758. The molecule has 0 bridgehead atoms. The van der Waals surface area contributed by atoms with Gasteiger partial charge in [-0.25, -0.2) is 4.39 Å². The van der Waals surface area contributed by atoms with Crippen molar-refractivity contribution in [3.05, 3.63) is 24.0 Å². The van der Waals surface area contributed by atoms with Gasteiger partial charge in [-0.1, -0.05) is 12.1 Å². The SMILES string of the molecule is CC1(C)OB(c2cccc(O)c2F)OC1(C)C.